The van der Waals surface area contributed by atoms with Gasteiger partial charge in [-0.1, -0.05) is 65.1 Å². The van der Waals surface area contributed by atoms with Gasteiger partial charge >= 0.3 is 0 Å². The molecule has 1 N–H and O–H groups in total. The van der Waals surface area contributed by atoms with Gasteiger partial charge in [0, 0.05) is 18.1 Å². The first kappa shape index (κ1) is 28.8. The van der Waals surface area contributed by atoms with Gasteiger partial charge in [0.15, 0.2) is 0 Å². The van der Waals surface area contributed by atoms with E-state index in [9.17, 15) is 18.0 Å². The number of benzene rings is 3. The van der Waals surface area contributed by atoms with E-state index in [0.717, 1.165) is 4.31 Å². The zero-order valence-corrected chi connectivity index (χ0v) is 23.3. The molecule has 0 fully saturated rings. The monoisotopic (exact) mass is 581 g/mol. The Bertz CT molecular complexity index is 1370. The smallest absolute Gasteiger partial charge is 0.264 e. The van der Waals surface area contributed by atoms with Crippen LogP contribution in [0.4, 0.5) is 5.69 Å². The maximum absolute atomic E-state index is 13.7. The predicted octanol–water partition coefficient (Wildman–Crippen LogP) is 5.40. The number of carbonyl (C=O) groups is 2. The lowest BCUT2D eigenvalue weighted by Crippen LogP contribution is -2.51. The lowest BCUT2D eigenvalue weighted by atomic mass is 10.1. The molecular formula is C26H26Cl3N3O4S. The second kappa shape index (κ2) is 12.6. The van der Waals surface area contributed by atoms with Crippen molar-refractivity contribution in [2.75, 3.05) is 17.4 Å². The van der Waals surface area contributed by atoms with Crippen molar-refractivity contribution in [3.63, 3.8) is 0 Å². The maximum Gasteiger partial charge on any atom is 0.264 e. The summed E-state index contributed by atoms with van der Waals surface area (Å²) in [5.74, 6) is -0.964. The highest BCUT2D eigenvalue weighted by molar-refractivity contribution is 7.92. The molecule has 0 aliphatic heterocycles. The number of carbonyl (C=O) groups excluding carboxylic acids is 2. The van der Waals surface area contributed by atoms with E-state index in [1.54, 1.807) is 56.3 Å². The number of sulfonamides is 1. The van der Waals surface area contributed by atoms with E-state index in [1.807, 2.05) is 0 Å². The minimum absolute atomic E-state index is 0.00737. The molecule has 0 aliphatic carbocycles. The largest absolute Gasteiger partial charge is 0.355 e. The van der Waals surface area contributed by atoms with Crippen molar-refractivity contribution in [3.8, 4) is 0 Å². The van der Waals surface area contributed by atoms with Gasteiger partial charge in [-0.05, 0) is 61.9 Å². The molecular weight excluding hydrogens is 557 g/mol. The maximum atomic E-state index is 13.7. The third-order valence-corrected chi connectivity index (χ3v) is 8.32. The highest BCUT2D eigenvalue weighted by atomic mass is 35.5. The van der Waals surface area contributed by atoms with Gasteiger partial charge in [-0.25, -0.2) is 8.42 Å². The molecule has 0 bridgehead atoms. The van der Waals surface area contributed by atoms with Crippen molar-refractivity contribution < 1.29 is 18.0 Å². The number of rotatable bonds is 10. The number of nitrogens with zero attached hydrogens (tertiary/aromatic N) is 2. The highest BCUT2D eigenvalue weighted by Crippen LogP contribution is 2.31. The van der Waals surface area contributed by atoms with Crippen molar-refractivity contribution in [2.24, 2.45) is 0 Å². The standard InChI is InChI=1S/C26H26Cl3N3O4S/c1-3-30-26(34)18(2)31(16-19-8-7-9-20(27)14-19)25(33)17-32(21-12-13-23(28)24(29)15-21)37(35,36)22-10-5-4-6-11-22/h4-15,18H,3,16-17H2,1-2H3,(H,30,34). The van der Waals surface area contributed by atoms with Crippen LogP contribution in [0.1, 0.15) is 19.4 Å². The SMILES string of the molecule is CCNC(=O)C(C)N(Cc1cccc(Cl)c1)C(=O)CN(c1ccc(Cl)c(Cl)c1)S(=O)(=O)c1ccccc1. The molecule has 0 spiro atoms. The fourth-order valence-electron chi connectivity index (χ4n) is 3.63. The van der Waals surface area contributed by atoms with Crippen LogP contribution >= 0.6 is 34.8 Å². The normalized spacial score (nSPS) is 12.0. The minimum Gasteiger partial charge on any atom is -0.355 e. The Morgan fingerprint density at radius 2 is 1.62 bits per heavy atom. The van der Waals surface area contributed by atoms with E-state index >= 15 is 0 Å². The summed E-state index contributed by atoms with van der Waals surface area (Å²) in [6.07, 6.45) is 0. The van der Waals surface area contributed by atoms with E-state index in [-0.39, 0.29) is 33.1 Å². The third kappa shape index (κ3) is 7.17. The summed E-state index contributed by atoms with van der Waals surface area (Å²) in [5, 5.41) is 3.55. The van der Waals surface area contributed by atoms with Crippen LogP contribution in [0.15, 0.2) is 77.7 Å². The van der Waals surface area contributed by atoms with E-state index in [4.69, 9.17) is 34.8 Å². The summed E-state index contributed by atoms with van der Waals surface area (Å²) in [7, 11) is -4.19. The second-order valence-corrected chi connectivity index (χ2v) is 11.3. The number of nitrogens with one attached hydrogen (secondary N) is 1. The molecule has 196 valence electrons. The fraction of sp³-hybridized carbons (Fsp3) is 0.231. The van der Waals surface area contributed by atoms with Crippen LogP contribution in [-0.2, 0) is 26.2 Å². The second-order valence-electron chi connectivity index (χ2n) is 8.15. The molecule has 0 saturated heterocycles. The number of likely N-dealkylation sites (N-methyl/N-ethyl adjacent to an activating group) is 1. The summed E-state index contributed by atoms with van der Waals surface area (Å²) in [5.41, 5.74) is 0.837. The number of anilines is 1. The Hall–Kier alpha value is -2.78. The number of hydrogen-bond donors (Lipinski definition) is 1. The first-order valence-electron chi connectivity index (χ1n) is 11.4. The zero-order valence-electron chi connectivity index (χ0n) is 20.2. The molecule has 7 nitrogen and oxygen atoms in total. The summed E-state index contributed by atoms with van der Waals surface area (Å²) in [6.45, 7) is 3.19. The molecule has 3 rings (SSSR count). The van der Waals surface area contributed by atoms with E-state index < -0.39 is 28.5 Å². The summed E-state index contributed by atoms with van der Waals surface area (Å²) >= 11 is 18.4. The van der Waals surface area contributed by atoms with Crippen LogP contribution in [0.25, 0.3) is 0 Å². The molecule has 0 heterocycles. The molecule has 1 atom stereocenters. The predicted molar refractivity (Wildman–Crippen MR) is 148 cm³/mol. The number of halogens is 3. The Kier molecular flexibility index (Phi) is 9.84. The Balaban J connectivity index is 2.04. The summed E-state index contributed by atoms with van der Waals surface area (Å²) in [4.78, 5) is 27.8. The molecule has 2 amide bonds. The van der Waals surface area contributed by atoms with Crippen LogP contribution in [0.3, 0.4) is 0 Å². The van der Waals surface area contributed by atoms with Crippen LogP contribution < -0.4 is 9.62 Å². The lowest BCUT2D eigenvalue weighted by molar-refractivity contribution is -0.139. The summed E-state index contributed by atoms with van der Waals surface area (Å²) < 4.78 is 28.3. The summed E-state index contributed by atoms with van der Waals surface area (Å²) in [6, 6.07) is 18.0. The quantitative estimate of drug-likeness (QED) is 0.347. The van der Waals surface area contributed by atoms with Crippen LogP contribution in [0.5, 0.6) is 0 Å². The van der Waals surface area contributed by atoms with Crippen LogP contribution in [0.2, 0.25) is 15.1 Å². The first-order valence-corrected chi connectivity index (χ1v) is 14.0. The molecule has 1 unspecified atom stereocenters. The van der Waals surface area contributed by atoms with Gasteiger partial charge < -0.3 is 10.2 Å². The van der Waals surface area contributed by atoms with E-state index in [1.165, 1.54) is 35.2 Å². The van der Waals surface area contributed by atoms with Gasteiger partial charge in [-0.2, -0.15) is 0 Å². The van der Waals surface area contributed by atoms with Gasteiger partial charge in [0.1, 0.15) is 12.6 Å². The molecule has 0 saturated carbocycles. The fourth-order valence-corrected chi connectivity index (χ4v) is 5.56. The van der Waals surface area contributed by atoms with Gasteiger partial charge in [0.25, 0.3) is 10.0 Å². The van der Waals surface area contributed by atoms with Crippen molar-refractivity contribution in [1.82, 2.24) is 10.2 Å². The average Bonchev–Trinajstić information content (AvgIpc) is 2.87. The molecule has 0 aliphatic rings. The molecule has 37 heavy (non-hydrogen) atoms. The third-order valence-electron chi connectivity index (χ3n) is 5.56. The molecule has 0 radical (unpaired) electrons. The average molecular weight is 583 g/mol. The Morgan fingerprint density at radius 1 is 0.919 bits per heavy atom. The molecule has 3 aromatic carbocycles. The van der Waals surface area contributed by atoms with Gasteiger partial charge in [0.2, 0.25) is 11.8 Å². The molecule has 0 aromatic heterocycles. The molecule has 11 heteroatoms. The van der Waals surface area contributed by atoms with Gasteiger partial charge in [0.05, 0.1) is 20.6 Å². The van der Waals surface area contributed by atoms with Crippen molar-refractivity contribution >= 4 is 62.3 Å². The van der Waals surface area contributed by atoms with E-state index in [2.05, 4.69) is 5.32 Å². The number of amides is 2. The van der Waals surface area contributed by atoms with Crippen molar-refractivity contribution in [3.05, 3.63) is 93.4 Å². The zero-order chi connectivity index (χ0) is 27.2. The lowest BCUT2D eigenvalue weighted by Gasteiger charge is -2.32. The highest BCUT2D eigenvalue weighted by Gasteiger charge is 2.32. The Morgan fingerprint density at radius 3 is 2.24 bits per heavy atom. The van der Waals surface area contributed by atoms with Gasteiger partial charge in [-0.15, -0.1) is 0 Å². The van der Waals surface area contributed by atoms with Crippen LogP contribution in [-0.4, -0.2) is 44.3 Å². The topological polar surface area (TPSA) is 86.8 Å². The molecule has 3 aromatic rings. The van der Waals surface area contributed by atoms with Crippen molar-refractivity contribution in [1.29, 1.82) is 0 Å². The van der Waals surface area contributed by atoms with Crippen molar-refractivity contribution in [2.45, 2.75) is 31.3 Å². The van der Waals surface area contributed by atoms with Crippen LogP contribution in [0, 0.1) is 0 Å². The number of hydrogen-bond acceptors (Lipinski definition) is 4. The van der Waals surface area contributed by atoms with E-state index in [0.29, 0.717) is 17.1 Å². The minimum atomic E-state index is -4.19. The Labute approximate surface area is 232 Å². The van der Waals surface area contributed by atoms with Gasteiger partial charge in [-0.3, -0.25) is 13.9 Å². The first-order chi connectivity index (χ1) is 17.5.